The molecule has 0 saturated heterocycles. The molecule has 118 valence electrons. The number of hydrogen-bond acceptors (Lipinski definition) is 4. The molecule has 1 amide bonds. The molecule has 0 aliphatic heterocycles. The van der Waals surface area contributed by atoms with Gasteiger partial charge in [-0.25, -0.2) is 0 Å². The Hall–Kier alpha value is -2.08. The highest BCUT2D eigenvalue weighted by Gasteiger charge is 2.15. The van der Waals surface area contributed by atoms with Crippen LogP contribution in [0.2, 0.25) is 0 Å². The van der Waals surface area contributed by atoms with E-state index in [0.717, 1.165) is 5.75 Å². The molecule has 6 heteroatoms. The fourth-order valence-corrected chi connectivity index (χ4v) is 2.45. The monoisotopic (exact) mass is 321 g/mol. The maximum Gasteiger partial charge on any atom is 0.287 e. The van der Waals surface area contributed by atoms with E-state index in [1.165, 1.54) is 6.26 Å². The summed E-state index contributed by atoms with van der Waals surface area (Å²) in [6, 6.07) is 11.1. The third-order valence-electron chi connectivity index (χ3n) is 3.03. The van der Waals surface area contributed by atoms with Gasteiger partial charge < -0.3 is 14.5 Å². The fourth-order valence-electron chi connectivity index (χ4n) is 1.83. The van der Waals surface area contributed by atoms with Crippen LogP contribution in [0.4, 0.5) is 0 Å². The van der Waals surface area contributed by atoms with Gasteiger partial charge in [-0.1, -0.05) is 25.1 Å². The summed E-state index contributed by atoms with van der Waals surface area (Å²) in [5, 5.41) is 2.71. The second kappa shape index (κ2) is 8.38. The Morgan fingerprint density at radius 1 is 1.27 bits per heavy atom. The van der Waals surface area contributed by atoms with Crippen molar-refractivity contribution in [1.29, 1.82) is 0 Å². The number of ether oxygens (including phenoxy) is 1. The van der Waals surface area contributed by atoms with Crippen LogP contribution in [0, 0.1) is 0 Å². The molecule has 0 spiro atoms. The van der Waals surface area contributed by atoms with Gasteiger partial charge in [0, 0.05) is 34.4 Å². The minimum atomic E-state index is -0.894. The number of para-hydroxylation sites is 1. The Bertz CT molecular complexity index is 624. The molecule has 0 radical (unpaired) electrons. The molecular formula is C16H19NO4S. The SMILES string of the molecule is CC[S@@](=O)CCNC(=O)c1occc1COc1ccccc1. The Morgan fingerprint density at radius 2 is 2.05 bits per heavy atom. The molecule has 0 saturated carbocycles. The summed E-state index contributed by atoms with van der Waals surface area (Å²) in [7, 11) is -0.894. The van der Waals surface area contributed by atoms with Gasteiger partial charge >= 0.3 is 0 Å². The van der Waals surface area contributed by atoms with Crippen LogP contribution in [0.25, 0.3) is 0 Å². The summed E-state index contributed by atoms with van der Waals surface area (Å²) in [4.78, 5) is 12.0. The molecule has 2 rings (SSSR count). The highest BCUT2D eigenvalue weighted by molar-refractivity contribution is 7.84. The van der Waals surface area contributed by atoms with Crippen molar-refractivity contribution in [3.05, 3.63) is 54.0 Å². The molecule has 2 aromatic rings. The largest absolute Gasteiger partial charge is 0.489 e. The molecule has 1 heterocycles. The first kappa shape index (κ1) is 16.3. The number of carbonyl (C=O) groups is 1. The van der Waals surface area contributed by atoms with Crippen LogP contribution < -0.4 is 10.1 Å². The smallest absolute Gasteiger partial charge is 0.287 e. The normalized spacial score (nSPS) is 11.9. The van der Waals surface area contributed by atoms with Gasteiger partial charge in [0.2, 0.25) is 0 Å². The van der Waals surface area contributed by atoms with Gasteiger partial charge in [0.25, 0.3) is 5.91 Å². The lowest BCUT2D eigenvalue weighted by Gasteiger charge is -2.07. The second-order valence-electron chi connectivity index (χ2n) is 4.57. The van der Waals surface area contributed by atoms with Gasteiger partial charge in [-0.05, 0) is 18.2 Å². The predicted octanol–water partition coefficient (Wildman–Crippen LogP) is 2.36. The lowest BCUT2D eigenvalue weighted by atomic mass is 10.2. The molecule has 1 aromatic heterocycles. The molecule has 5 nitrogen and oxygen atoms in total. The number of carbonyl (C=O) groups excluding carboxylic acids is 1. The zero-order chi connectivity index (χ0) is 15.8. The van der Waals surface area contributed by atoms with Crippen molar-refractivity contribution in [2.24, 2.45) is 0 Å². The molecule has 0 bridgehead atoms. The molecule has 1 N–H and O–H groups in total. The van der Waals surface area contributed by atoms with E-state index in [2.05, 4.69) is 5.32 Å². The van der Waals surface area contributed by atoms with Crippen LogP contribution in [0.5, 0.6) is 5.75 Å². The second-order valence-corrected chi connectivity index (χ2v) is 6.43. The Kier molecular flexibility index (Phi) is 6.21. The fraction of sp³-hybridized carbons (Fsp3) is 0.312. The lowest BCUT2D eigenvalue weighted by molar-refractivity contribution is 0.0925. The number of amides is 1. The average Bonchev–Trinajstić information content (AvgIpc) is 3.02. The van der Waals surface area contributed by atoms with Gasteiger partial charge in [0.15, 0.2) is 5.76 Å². The Balaban J connectivity index is 1.88. The minimum Gasteiger partial charge on any atom is -0.489 e. The highest BCUT2D eigenvalue weighted by atomic mass is 32.2. The summed E-state index contributed by atoms with van der Waals surface area (Å²) in [6.07, 6.45) is 1.46. The molecule has 22 heavy (non-hydrogen) atoms. The van der Waals surface area contributed by atoms with E-state index in [0.29, 0.717) is 23.6 Å². The van der Waals surface area contributed by atoms with E-state index in [1.54, 1.807) is 6.07 Å². The lowest BCUT2D eigenvalue weighted by Crippen LogP contribution is -2.28. The van der Waals surface area contributed by atoms with Gasteiger partial charge in [0.1, 0.15) is 12.4 Å². The predicted molar refractivity (Wildman–Crippen MR) is 85.4 cm³/mol. The number of nitrogens with one attached hydrogen (secondary N) is 1. The average molecular weight is 321 g/mol. The topological polar surface area (TPSA) is 68.5 Å². The maximum atomic E-state index is 12.0. The van der Waals surface area contributed by atoms with Crippen molar-refractivity contribution >= 4 is 16.7 Å². The van der Waals surface area contributed by atoms with E-state index in [4.69, 9.17) is 9.15 Å². The number of benzene rings is 1. The summed E-state index contributed by atoms with van der Waals surface area (Å²) in [5.41, 5.74) is 0.679. The van der Waals surface area contributed by atoms with Gasteiger partial charge in [-0.3, -0.25) is 9.00 Å². The van der Waals surface area contributed by atoms with Crippen LogP contribution in [0.15, 0.2) is 47.1 Å². The molecular weight excluding hydrogens is 302 g/mol. The third-order valence-corrected chi connectivity index (χ3v) is 4.33. The molecule has 1 atom stereocenters. The Labute approximate surface area is 132 Å². The van der Waals surface area contributed by atoms with Crippen molar-refractivity contribution in [2.75, 3.05) is 18.1 Å². The zero-order valence-corrected chi connectivity index (χ0v) is 13.2. The zero-order valence-electron chi connectivity index (χ0n) is 12.4. The van der Waals surface area contributed by atoms with E-state index in [1.807, 2.05) is 37.3 Å². The van der Waals surface area contributed by atoms with Gasteiger partial charge in [-0.2, -0.15) is 0 Å². The van der Waals surface area contributed by atoms with E-state index >= 15 is 0 Å². The summed E-state index contributed by atoms with van der Waals surface area (Å²) < 4.78 is 22.2. The molecule has 0 fully saturated rings. The maximum absolute atomic E-state index is 12.0. The van der Waals surface area contributed by atoms with Crippen molar-refractivity contribution in [1.82, 2.24) is 5.32 Å². The van der Waals surface area contributed by atoms with Gasteiger partial charge in [-0.15, -0.1) is 0 Å². The van der Waals surface area contributed by atoms with E-state index in [9.17, 15) is 9.00 Å². The van der Waals surface area contributed by atoms with Crippen LogP contribution in [0.1, 0.15) is 23.0 Å². The quantitative estimate of drug-likeness (QED) is 0.810. The van der Waals surface area contributed by atoms with Crippen LogP contribution in [0.3, 0.4) is 0 Å². The summed E-state index contributed by atoms with van der Waals surface area (Å²) in [5.74, 6) is 1.68. The molecule has 0 unspecified atom stereocenters. The van der Waals surface area contributed by atoms with Crippen molar-refractivity contribution in [3.8, 4) is 5.75 Å². The number of rotatable bonds is 8. The minimum absolute atomic E-state index is 0.234. The first-order chi connectivity index (χ1) is 10.7. The highest BCUT2D eigenvalue weighted by Crippen LogP contribution is 2.15. The first-order valence-electron chi connectivity index (χ1n) is 7.08. The number of furan rings is 1. The first-order valence-corrected chi connectivity index (χ1v) is 8.57. The Morgan fingerprint density at radius 3 is 2.77 bits per heavy atom. The summed E-state index contributed by atoms with van der Waals surface area (Å²) in [6.45, 7) is 2.46. The van der Waals surface area contributed by atoms with Crippen LogP contribution in [-0.2, 0) is 17.4 Å². The van der Waals surface area contributed by atoms with Crippen molar-refractivity contribution in [3.63, 3.8) is 0 Å². The van der Waals surface area contributed by atoms with Crippen LogP contribution in [-0.4, -0.2) is 28.2 Å². The van der Waals surface area contributed by atoms with Crippen molar-refractivity contribution in [2.45, 2.75) is 13.5 Å². The number of hydrogen-bond donors (Lipinski definition) is 1. The van der Waals surface area contributed by atoms with Crippen molar-refractivity contribution < 1.29 is 18.2 Å². The molecule has 0 aliphatic carbocycles. The molecule has 1 aromatic carbocycles. The summed E-state index contributed by atoms with van der Waals surface area (Å²) >= 11 is 0. The molecule has 0 aliphatic rings. The van der Waals surface area contributed by atoms with E-state index < -0.39 is 10.8 Å². The van der Waals surface area contributed by atoms with Crippen LogP contribution >= 0.6 is 0 Å². The van der Waals surface area contributed by atoms with E-state index in [-0.39, 0.29) is 18.3 Å². The van der Waals surface area contributed by atoms with Gasteiger partial charge in [0.05, 0.1) is 6.26 Å². The standard InChI is InChI=1S/C16H19NO4S/c1-2-22(19)11-9-17-16(18)15-13(8-10-20-15)12-21-14-6-4-3-5-7-14/h3-8,10H,2,9,11-12H2,1H3,(H,17,18)/t22-/m1/s1. The third kappa shape index (κ3) is 4.73.